The predicted molar refractivity (Wildman–Crippen MR) is 69.9 cm³/mol. The van der Waals surface area contributed by atoms with Crippen LogP contribution < -0.4 is 16.0 Å². The molecule has 0 aromatic heterocycles. The third kappa shape index (κ3) is 6.28. The summed E-state index contributed by atoms with van der Waals surface area (Å²) in [6.07, 6.45) is 0.0546. The lowest BCUT2D eigenvalue weighted by atomic mass is 10.3. The second-order valence-electron chi connectivity index (χ2n) is 3.45. The standard InChI is InChI=1S/C11H12Cl2N2O4/c12-8-2-1-7(5-9(8)13)18-4-3-11(17)15-19-6-10(14)16/h1-2,5H,3-4,6H2,(H2,14,16)(H,15,17). The third-order valence-corrected chi connectivity index (χ3v) is 2.63. The summed E-state index contributed by atoms with van der Waals surface area (Å²) in [5.74, 6) is -0.603. The molecule has 0 bridgehead atoms. The van der Waals surface area contributed by atoms with Gasteiger partial charge in [-0.15, -0.1) is 0 Å². The molecule has 0 heterocycles. The van der Waals surface area contributed by atoms with Gasteiger partial charge >= 0.3 is 0 Å². The summed E-state index contributed by atoms with van der Waals surface area (Å²) in [7, 11) is 0. The SMILES string of the molecule is NC(=O)CONC(=O)CCOc1ccc(Cl)c(Cl)c1. The van der Waals surface area contributed by atoms with Crippen LogP contribution in [0.3, 0.4) is 0 Å². The highest BCUT2D eigenvalue weighted by molar-refractivity contribution is 6.42. The van der Waals surface area contributed by atoms with E-state index in [1.165, 1.54) is 0 Å². The minimum absolute atomic E-state index is 0.0546. The largest absolute Gasteiger partial charge is 0.493 e. The Morgan fingerprint density at radius 2 is 2.00 bits per heavy atom. The van der Waals surface area contributed by atoms with Crippen molar-refractivity contribution < 1.29 is 19.2 Å². The van der Waals surface area contributed by atoms with Gasteiger partial charge in [0.05, 0.1) is 23.1 Å². The summed E-state index contributed by atoms with van der Waals surface area (Å²) in [5.41, 5.74) is 6.87. The molecule has 6 nitrogen and oxygen atoms in total. The predicted octanol–water partition coefficient (Wildman–Crippen LogP) is 1.30. The first-order valence-electron chi connectivity index (χ1n) is 5.26. The lowest BCUT2D eigenvalue weighted by Gasteiger charge is -2.07. The lowest BCUT2D eigenvalue weighted by molar-refractivity contribution is -0.138. The van der Waals surface area contributed by atoms with E-state index in [0.29, 0.717) is 15.8 Å². The fraction of sp³-hybridized carbons (Fsp3) is 0.273. The maximum Gasteiger partial charge on any atom is 0.246 e. The molecule has 1 aromatic carbocycles. The van der Waals surface area contributed by atoms with Gasteiger partial charge in [0.15, 0.2) is 6.61 Å². The Balaban J connectivity index is 2.24. The molecule has 0 aliphatic heterocycles. The zero-order chi connectivity index (χ0) is 14.3. The highest BCUT2D eigenvalue weighted by Gasteiger charge is 2.04. The van der Waals surface area contributed by atoms with Gasteiger partial charge in [-0.3, -0.25) is 14.4 Å². The molecular weight excluding hydrogens is 295 g/mol. The first-order chi connectivity index (χ1) is 8.99. The molecule has 0 atom stereocenters. The molecule has 0 aliphatic rings. The number of hydrogen-bond acceptors (Lipinski definition) is 4. The van der Waals surface area contributed by atoms with E-state index in [-0.39, 0.29) is 19.6 Å². The van der Waals surface area contributed by atoms with Crippen LogP contribution >= 0.6 is 23.2 Å². The molecule has 0 aliphatic carbocycles. The summed E-state index contributed by atoms with van der Waals surface area (Å²) >= 11 is 11.5. The molecule has 0 saturated carbocycles. The fourth-order valence-electron chi connectivity index (χ4n) is 1.07. The van der Waals surface area contributed by atoms with Crippen LogP contribution in [0.1, 0.15) is 6.42 Å². The second kappa shape index (κ2) is 7.83. The number of nitrogens with one attached hydrogen (secondary N) is 1. The van der Waals surface area contributed by atoms with E-state index in [1.54, 1.807) is 18.2 Å². The molecule has 1 rings (SSSR count). The summed E-state index contributed by atoms with van der Waals surface area (Å²) in [6.45, 7) is -0.247. The van der Waals surface area contributed by atoms with Gasteiger partial charge in [-0.05, 0) is 12.1 Å². The molecule has 1 aromatic rings. The van der Waals surface area contributed by atoms with Gasteiger partial charge < -0.3 is 10.5 Å². The Labute approximate surface area is 119 Å². The van der Waals surface area contributed by atoms with Gasteiger partial charge in [0.2, 0.25) is 11.8 Å². The van der Waals surface area contributed by atoms with Gasteiger partial charge in [0, 0.05) is 6.07 Å². The summed E-state index contributed by atoms with van der Waals surface area (Å²) in [6, 6.07) is 4.77. The zero-order valence-corrected chi connectivity index (χ0v) is 11.3. The first kappa shape index (κ1) is 15.6. The monoisotopic (exact) mass is 306 g/mol. The van der Waals surface area contributed by atoms with Gasteiger partial charge in [-0.25, -0.2) is 5.48 Å². The van der Waals surface area contributed by atoms with E-state index >= 15 is 0 Å². The van der Waals surface area contributed by atoms with Crippen molar-refractivity contribution in [1.82, 2.24) is 5.48 Å². The Hall–Kier alpha value is -1.50. The van der Waals surface area contributed by atoms with Crippen LogP contribution in [0.5, 0.6) is 5.75 Å². The number of primary amides is 1. The molecule has 0 radical (unpaired) electrons. The van der Waals surface area contributed by atoms with Gasteiger partial charge in [0.1, 0.15) is 5.75 Å². The minimum Gasteiger partial charge on any atom is -0.493 e. The number of hydroxylamine groups is 1. The average Bonchev–Trinajstić information content (AvgIpc) is 2.33. The van der Waals surface area contributed by atoms with E-state index in [0.717, 1.165) is 0 Å². The highest BCUT2D eigenvalue weighted by Crippen LogP contribution is 2.26. The minimum atomic E-state index is -0.674. The number of carbonyl (C=O) groups is 2. The first-order valence-corrected chi connectivity index (χ1v) is 6.01. The zero-order valence-electron chi connectivity index (χ0n) is 9.82. The number of rotatable bonds is 7. The number of ether oxygens (including phenoxy) is 1. The van der Waals surface area contributed by atoms with Crippen molar-refractivity contribution in [2.75, 3.05) is 13.2 Å². The smallest absolute Gasteiger partial charge is 0.246 e. The molecule has 8 heteroatoms. The lowest BCUT2D eigenvalue weighted by Crippen LogP contribution is -2.30. The maximum atomic E-state index is 11.2. The molecule has 0 saturated heterocycles. The quantitative estimate of drug-likeness (QED) is 0.743. The molecular formula is C11H12Cl2N2O4. The van der Waals surface area contributed by atoms with Crippen LogP contribution in [0.4, 0.5) is 0 Å². The van der Waals surface area contributed by atoms with Crippen molar-refractivity contribution in [1.29, 1.82) is 0 Å². The maximum absolute atomic E-state index is 11.2. The van der Waals surface area contributed by atoms with Crippen molar-refractivity contribution in [2.45, 2.75) is 6.42 Å². The summed E-state index contributed by atoms with van der Waals surface area (Å²) < 4.78 is 5.29. The summed E-state index contributed by atoms with van der Waals surface area (Å²) in [4.78, 5) is 26.1. The number of hydrogen-bond donors (Lipinski definition) is 2. The van der Waals surface area contributed by atoms with E-state index < -0.39 is 11.8 Å². The van der Waals surface area contributed by atoms with E-state index in [4.69, 9.17) is 33.7 Å². The Bertz CT molecular complexity index is 468. The number of benzene rings is 1. The Morgan fingerprint density at radius 3 is 2.63 bits per heavy atom. The molecule has 19 heavy (non-hydrogen) atoms. The van der Waals surface area contributed by atoms with E-state index in [2.05, 4.69) is 10.3 Å². The normalized spacial score (nSPS) is 10.0. The third-order valence-electron chi connectivity index (χ3n) is 1.89. The molecule has 0 spiro atoms. The van der Waals surface area contributed by atoms with Crippen molar-refractivity contribution in [3.05, 3.63) is 28.2 Å². The van der Waals surface area contributed by atoms with Crippen LogP contribution in [-0.4, -0.2) is 25.0 Å². The summed E-state index contributed by atoms with van der Waals surface area (Å²) in [5, 5.41) is 0.792. The topological polar surface area (TPSA) is 90.7 Å². The number of amides is 2. The van der Waals surface area contributed by atoms with Crippen molar-refractivity contribution in [3.8, 4) is 5.75 Å². The van der Waals surface area contributed by atoms with Gasteiger partial charge in [0.25, 0.3) is 0 Å². The van der Waals surface area contributed by atoms with Gasteiger partial charge in [-0.2, -0.15) is 0 Å². The second-order valence-corrected chi connectivity index (χ2v) is 4.27. The molecule has 0 unspecified atom stereocenters. The molecule has 2 amide bonds. The van der Waals surface area contributed by atoms with Crippen LogP contribution in [-0.2, 0) is 14.4 Å². The van der Waals surface area contributed by atoms with Crippen molar-refractivity contribution in [3.63, 3.8) is 0 Å². The van der Waals surface area contributed by atoms with Crippen LogP contribution in [0.15, 0.2) is 18.2 Å². The Morgan fingerprint density at radius 1 is 1.26 bits per heavy atom. The molecule has 3 N–H and O–H groups in total. The molecule has 0 fully saturated rings. The van der Waals surface area contributed by atoms with Crippen LogP contribution in [0.25, 0.3) is 0 Å². The fourth-order valence-corrected chi connectivity index (χ4v) is 1.36. The van der Waals surface area contributed by atoms with Crippen LogP contribution in [0.2, 0.25) is 10.0 Å². The molecule has 104 valence electrons. The number of carbonyl (C=O) groups excluding carboxylic acids is 2. The van der Waals surface area contributed by atoms with E-state index in [9.17, 15) is 9.59 Å². The Kier molecular flexibility index (Phi) is 6.41. The number of halogens is 2. The highest BCUT2D eigenvalue weighted by atomic mass is 35.5. The van der Waals surface area contributed by atoms with Crippen molar-refractivity contribution in [2.24, 2.45) is 5.73 Å². The van der Waals surface area contributed by atoms with E-state index in [1.807, 2.05) is 0 Å². The van der Waals surface area contributed by atoms with Gasteiger partial charge in [-0.1, -0.05) is 23.2 Å². The average molecular weight is 307 g/mol. The van der Waals surface area contributed by atoms with Crippen LogP contribution in [0, 0.1) is 0 Å². The number of nitrogens with two attached hydrogens (primary N) is 1. The van der Waals surface area contributed by atoms with Crippen molar-refractivity contribution >= 4 is 35.0 Å².